The second-order valence-electron chi connectivity index (χ2n) is 4.21. The third kappa shape index (κ3) is 0.883. The number of hydrogen-bond acceptors (Lipinski definition) is 1. The molecule has 1 saturated heterocycles. The molecule has 1 saturated carbocycles. The lowest BCUT2D eigenvalue weighted by Crippen LogP contribution is -2.36. The standard InChI is InChI=1S/C9H15NO/c1-6(2)9-4-3-8(11)10-7(9)5-9/h6-7H,3-5H2,1-2H3,(H,10,11)/t7-,9+/m0/s1. The molecule has 2 aliphatic rings. The monoisotopic (exact) mass is 153 g/mol. The van der Waals surface area contributed by atoms with Crippen LogP contribution in [0.15, 0.2) is 0 Å². The van der Waals surface area contributed by atoms with E-state index >= 15 is 0 Å². The van der Waals surface area contributed by atoms with Crippen LogP contribution < -0.4 is 5.32 Å². The summed E-state index contributed by atoms with van der Waals surface area (Å²) in [7, 11) is 0. The van der Waals surface area contributed by atoms with Gasteiger partial charge in [0, 0.05) is 12.5 Å². The molecular weight excluding hydrogens is 138 g/mol. The third-order valence-electron chi connectivity index (χ3n) is 3.42. The van der Waals surface area contributed by atoms with Crippen molar-refractivity contribution in [2.75, 3.05) is 0 Å². The Bertz CT molecular complexity index is 200. The Kier molecular flexibility index (Phi) is 1.29. The Morgan fingerprint density at radius 2 is 2.36 bits per heavy atom. The largest absolute Gasteiger partial charge is 0.353 e. The number of piperidine rings is 1. The Hall–Kier alpha value is -0.530. The molecule has 1 aliphatic heterocycles. The summed E-state index contributed by atoms with van der Waals surface area (Å²) in [4.78, 5) is 11.0. The fourth-order valence-electron chi connectivity index (χ4n) is 2.33. The van der Waals surface area contributed by atoms with Gasteiger partial charge in [-0.2, -0.15) is 0 Å². The minimum absolute atomic E-state index is 0.253. The van der Waals surface area contributed by atoms with E-state index in [-0.39, 0.29) is 5.91 Å². The van der Waals surface area contributed by atoms with Gasteiger partial charge in [-0.3, -0.25) is 4.79 Å². The highest BCUT2D eigenvalue weighted by atomic mass is 16.1. The molecule has 1 heterocycles. The third-order valence-corrected chi connectivity index (χ3v) is 3.42. The molecular formula is C9H15NO. The SMILES string of the molecule is CC(C)[C@]12CCC(=O)N[C@H]1C2. The highest BCUT2D eigenvalue weighted by Gasteiger charge is 2.58. The van der Waals surface area contributed by atoms with E-state index in [1.807, 2.05) is 0 Å². The van der Waals surface area contributed by atoms with Crippen LogP contribution >= 0.6 is 0 Å². The lowest BCUT2D eigenvalue weighted by atomic mass is 9.85. The van der Waals surface area contributed by atoms with Crippen LogP contribution in [0.5, 0.6) is 0 Å². The van der Waals surface area contributed by atoms with Gasteiger partial charge in [-0.1, -0.05) is 13.8 Å². The quantitative estimate of drug-likeness (QED) is 0.604. The summed E-state index contributed by atoms with van der Waals surface area (Å²) in [5.41, 5.74) is 0.494. The molecule has 1 aliphatic carbocycles. The van der Waals surface area contributed by atoms with Gasteiger partial charge in [0.05, 0.1) is 0 Å². The Morgan fingerprint density at radius 1 is 1.64 bits per heavy atom. The van der Waals surface area contributed by atoms with Gasteiger partial charge in [0.1, 0.15) is 0 Å². The van der Waals surface area contributed by atoms with Crippen molar-refractivity contribution in [2.45, 2.75) is 39.2 Å². The van der Waals surface area contributed by atoms with E-state index in [2.05, 4.69) is 19.2 Å². The molecule has 0 aromatic heterocycles. The van der Waals surface area contributed by atoms with Crippen molar-refractivity contribution in [3.8, 4) is 0 Å². The summed E-state index contributed by atoms with van der Waals surface area (Å²) in [6.07, 6.45) is 3.08. The Labute approximate surface area is 67.4 Å². The van der Waals surface area contributed by atoms with E-state index in [1.165, 1.54) is 6.42 Å². The van der Waals surface area contributed by atoms with Crippen LogP contribution in [0, 0.1) is 11.3 Å². The fourth-order valence-corrected chi connectivity index (χ4v) is 2.33. The van der Waals surface area contributed by atoms with Crippen LogP contribution in [0.3, 0.4) is 0 Å². The maximum Gasteiger partial charge on any atom is 0.220 e. The van der Waals surface area contributed by atoms with Crippen molar-refractivity contribution in [3.63, 3.8) is 0 Å². The molecule has 0 aromatic carbocycles. The summed E-state index contributed by atoms with van der Waals surface area (Å²) >= 11 is 0. The van der Waals surface area contributed by atoms with Crippen LogP contribution in [0.25, 0.3) is 0 Å². The lowest BCUT2D eigenvalue weighted by molar-refractivity contribution is -0.123. The van der Waals surface area contributed by atoms with E-state index in [4.69, 9.17) is 0 Å². The maximum absolute atomic E-state index is 11.0. The lowest BCUT2D eigenvalue weighted by Gasteiger charge is -2.25. The van der Waals surface area contributed by atoms with Crippen molar-refractivity contribution in [3.05, 3.63) is 0 Å². The maximum atomic E-state index is 11.0. The van der Waals surface area contributed by atoms with Gasteiger partial charge in [0.2, 0.25) is 5.91 Å². The van der Waals surface area contributed by atoms with Crippen LogP contribution in [0.2, 0.25) is 0 Å². The molecule has 2 heteroatoms. The molecule has 0 bridgehead atoms. The molecule has 0 radical (unpaired) electrons. The summed E-state index contributed by atoms with van der Waals surface area (Å²) in [6.45, 7) is 4.52. The molecule has 2 atom stereocenters. The fraction of sp³-hybridized carbons (Fsp3) is 0.889. The highest BCUT2D eigenvalue weighted by Crippen LogP contribution is 2.57. The first-order valence-electron chi connectivity index (χ1n) is 4.44. The molecule has 2 nitrogen and oxygen atoms in total. The van der Waals surface area contributed by atoms with Crippen LogP contribution in [0.1, 0.15) is 33.1 Å². The first-order valence-corrected chi connectivity index (χ1v) is 4.44. The molecule has 0 aromatic rings. The van der Waals surface area contributed by atoms with Gasteiger partial charge in [0.15, 0.2) is 0 Å². The van der Waals surface area contributed by atoms with Gasteiger partial charge in [0.25, 0.3) is 0 Å². The minimum atomic E-state index is 0.253. The van der Waals surface area contributed by atoms with Crippen molar-refractivity contribution < 1.29 is 4.79 Å². The first-order chi connectivity index (χ1) is 5.15. The predicted molar refractivity (Wildman–Crippen MR) is 43.1 cm³/mol. The summed E-state index contributed by atoms with van der Waals surface area (Å²) in [5, 5.41) is 3.04. The Balaban J connectivity index is 2.07. The minimum Gasteiger partial charge on any atom is -0.353 e. The molecule has 1 N–H and O–H groups in total. The van der Waals surface area contributed by atoms with Crippen molar-refractivity contribution in [2.24, 2.45) is 11.3 Å². The average Bonchev–Trinajstić information content (AvgIpc) is 2.62. The van der Waals surface area contributed by atoms with Gasteiger partial charge in [-0.15, -0.1) is 0 Å². The number of rotatable bonds is 1. The first kappa shape index (κ1) is 7.14. The number of carbonyl (C=O) groups is 1. The van der Waals surface area contributed by atoms with Crippen molar-refractivity contribution in [1.29, 1.82) is 0 Å². The van der Waals surface area contributed by atoms with Gasteiger partial charge >= 0.3 is 0 Å². The zero-order chi connectivity index (χ0) is 8.06. The van der Waals surface area contributed by atoms with E-state index in [9.17, 15) is 4.79 Å². The highest BCUT2D eigenvalue weighted by molar-refractivity contribution is 5.78. The molecule has 1 amide bonds. The second-order valence-corrected chi connectivity index (χ2v) is 4.21. The summed E-state index contributed by atoms with van der Waals surface area (Å²) in [6, 6.07) is 0.517. The van der Waals surface area contributed by atoms with Gasteiger partial charge in [-0.25, -0.2) is 0 Å². The zero-order valence-electron chi connectivity index (χ0n) is 7.18. The van der Waals surface area contributed by atoms with Gasteiger partial charge in [-0.05, 0) is 24.2 Å². The average molecular weight is 153 g/mol. The van der Waals surface area contributed by atoms with E-state index < -0.39 is 0 Å². The van der Waals surface area contributed by atoms with Crippen LogP contribution in [-0.4, -0.2) is 11.9 Å². The zero-order valence-corrected chi connectivity index (χ0v) is 7.18. The van der Waals surface area contributed by atoms with Crippen molar-refractivity contribution in [1.82, 2.24) is 5.32 Å². The topological polar surface area (TPSA) is 29.1 Å². The summed E-state index contributed by atoms with van der Waals surface area (Å²) < 4.78 is 0. The van der Waals surface area contributed by atoms with E-state index in [0.29, 0.717) is 11.5 Å². The molecule has 0 unspecified atom stereocenters. The second kappa shape index (κ2) is 1.99. The number of fused-ring (bicyclic) bond motifs is 1. The van der Waals surface area contributed by atoms with E-state index in [0.717, 1.165) is 18.8 Å². The number of nitrogens with one attached hydrogen (secondary N) is 1. The summed E-state index contributed by atoms with van der Waals surface area (Å²) in [5.74, 6) is 0.983. The van der Waals surface area contributed by atoms with Gasteiger partial charge < -0.3 is 5.32 Å². The van der Waals surface area contributed by atoms with Crippen LogP contribution in [-0.2, 0) is 4.79 Å². The predicted octanol–water partition coefficient (Wildman–Crippen LogP) is 1.31. The number of hydrogen-bond donors (Lipinski definition) is 1. The number of amides is 1. The molecule has 0 spiro atoms. The molecule has 11 heavy (non-hydrogen) atoms. The smallest absolute Gasteiger partial charge is 0.220 e. The normalized spacial score (nSPS) is 41.7. The number of carbonyl (C=O) groups excluding carboxylic acids is 1. The van der Waals surface area contributed by atoms with Crippen LogP contribution in [0.4, 0.5) is 0 Å². The molecule has 2 fully saturated rings. The molecule has 2 rings (SSSR count). The van der Waals surface area contributed by atoms with Crippen molar-refractivity contribution >= 4 is 5.91 Å². The Morgan fingerprint density at radius 3 is 2.91 bits per heavy atom. The molecule has 62 valence electrons. The van der Waals surface area contributed by atoms with E-state index in [1.54, 1.807) is 0 Å².